The summed E-state index contributed by atoms with van der Waals surface area (Å²) in [5.41, 5.74) is 6.55. The molecule has 1 aromatic heterocycles. The van der Waals surface area contributed by atoms with E-state index in [0.29, 0.717) is 41.2 Å². The number of nitrogens with zero attached hydrogens (tertiary/aromatic N) is 2. The number of aromatic nitrogens is 2. The molecule has 2 aromatic rings. The van der Waals surface area contributed by atoms with Crippen molar-refractivity contribution in [3.05, 3.63) is 34.4 Å². The number of nitrogens with two attached hydrogens (primary N) is 1. The van der Waals surface area contributed by atoms with E-state index in [0.717, 1.165) is 12.0 Å². The predicted molar refractivity (Wildman–Crippen MR) is 78.8 cm³/mol. The molecule has 0 amide bonds. The molecule has 0 aliphatic heterocycles. The number of rotatable bonds is 7. The lowest BCUT2D eigenvalue weighted by molar-refractivity contribution is 0.269. The molecule has 0 saturated heterocycles. The third-order valence-electron chi connectivity index (χ3n) is 2.88. The fraction of sp³-hybridized carbons (Fsp3) is 0.429. The van der Waals surface area contributed by atoms with Gasteiger partial charge < -0.3 is 19.7 Å². The van der Waals surface area contributed by atoms with E-state index >= 15 is 0 Å². The Balaban J connectivity index is 2.14. The van der Waals surface area contributed by atoms with E-state index in [9.17, 15) is 0 Å². The molecule has 7 heteroatoms. The maximum absolute atomic E-state index is 6.24. The van der Waals surface area contributed by atoms with Gasteiger partial charge in [-0.3, -0.25) is 0 Å². The van der Waals surface area contributed by atoms with E-state index in [1.807, 2.05) is 19.1 Å². The zero-order valence-electron chi connectivity index (χ0n) is 12.1. The van der Waals surface area contributed by atoms with Gasteiger partial charge in [0.05, 0.1) is 12.1 Å². The average molecular weight is 312 g/mol. The topological polar surface area (TPSA) is 83.4 Å². The Morgan fingerprint density at radius 1 is 1.38 bits per heavy atom. The third kappa shape index (κ3) is 3.86. The number of aryl methyl sites for hydroxylation is 1. The summed E-state index contributed by atoms with van der Waals surface area (Å²) in [6, 6.07) is 3.68. The SMILES string of the molecule is CCc1nc(COc2c(Cl)cc(CCN)cc2OC)no1. The summed E-state index contributed by atoms with van der Waals surface area (Å²) in [6.45, 7) is 2.65. The first kappa shape index (κ1) is 15.6. The first-order chi connectivity index (χ1) is 10.2. The van der Waals surface area contributed by atoms with Crippen LogP contribution in [0, 0.1) is 0 Å². The Morgan fingerprint density at radius 2 is 2.19 bits per heavy atom. The highest BCUT2D eigenvalue weighted by molar-refractivity contribution is 6.32. The van der Waals surface area contributed by atoms with Gasteiger partial charge in [-0.1, -0.05) is 23.7 Å². The van der Waals surface area contributed by atoms with Crippen LogP contribution in [-0.4, -0.2) is 23.8 Å². The third-order valence-corrected chi connectivity index (χ3v) is 3.16. The molecule has 2 rings (SSSR count). The van der Waals surface area contributed by atoms with Gasteiger partial charge in [-0.2, -0.15) is 4.98 Å². The number of hydrogen-bond acceptors (Lipinski definition) is 6. The van der Waals surface area contributed by atoms with Gasteiger partial charge in [-0.05, 0) is 30.7 Å². The second-order valence-electron chi connectivity index (χ2n) is 4.39. The van der Waals surface area contributed by atoms with Crippen molar-refractivity contribution in [1.29, 1.82) is 0 Å². The minimum absolute atomic E-state index is 0.163. The van der Waals surface area contributed by atoms with Crippen LogP contribution in [-0.2, 0) is 19.4 Å². The van der Waals surface area contributed by atoms with E-state index in [4.69, 9.17) is 31.3 Å². The van der Waals surface area contributed by atoms with E-state index in [1.165, 1.54) is 0 Å². The molecule has 0 aliphatic rings. The van der Waals surface area contributed by atoms with Gasteiger partial charge in [0.25, 0.3) is 0 Å². The molecule has 0 spiro atoms. The normalized spacial score (nSPS) is 10.7. The lowest BCUT2D eigenvalue weighted by atomic mass is 10.1. The van der Waals surface area contributed by atoms with Gasteiger partial charge in [-0.15, -0.1) is 0 Å². The van der Waals surface area contributed by atoms with E-state index in [1.54, 1.807) is 7.11 Å². The van der Waals surface area contributed by atoms with Gasteiger partial charge >= 0.3 is 0 Å². The van der Waals surface area contributed by atoms with Crippen LogP contribution in [0.3, 0.4) is 0 Å². The Labute approximate surface area is 128 Å². The molecule has 0 radical (unpaired) electrons. The van der Waals surface area contributed by atoms with Crippen molar-refractivity contribution in [1.82, 2.24) is 10.1 Å². The summed E-state index contributed by atoms with van der Waals surface area (Å²) in [7, 11) is 1.56. The number of ether oxygens (including phenoxy) is 2. The molecule has 0 aliphatic carbocycles. The van der Waals surface area contributed by atoms with E-state index < -0.39 is 0 Å². The van der Waals surface area contributed by atoms with Crippen molar-refractivity contribution in [3.63, 3.8) is 0 Å². The number of benzene rings is 1. The Bertz CT molecular complexity index is 601. The average Bonchev–Trinajstić information content (AvgIpc) is 2.94. The van der Waals surface area contributed by atoms with Crippen molar-refractivity contribution in [3.8, 4) is 11.5 Å². The van der Waals surface area contributed by atoms with Crippen LogP contribution >= 0.6 is 11.6 Å². The fourth-order valence-corrected chi connectivity index (χ4v) is 2.14. The lowest BCUT2D eigenvalue weighted by Gasteiger charge is -2.13. The summed E-state index contributed by atoms with van der Waals surface area (Å²) in [4.78, 5) is 4.17. The second kappa shape index (κ2) is 7.28. The van der Waals surface area contributed by atoms with Crippen LogP contribution in [0.5, 0.6) is 11.5 Å². The van der Waals surface area contributed by atoms with Crippen LogP contribution in [0.25, 0.3) is 0 Å². The molecule has 2 N–H and O–H groups in total. The van der Waals surface area contributed by atoms with Gasteiger partial charge in [0.1, 0.15) is 0 Å². The quantitative estimate of drug-likeness (QED) is 0.845. The minimum atomic E-state index is 0.163. The lowest BCUT2D eigenvalue weighted by Crippen LogP contribution is -2.04. The molecule has 0 bridgehead atoms. The van der Waals surface area contributed by atoms with Crippen molar-refractivity contribution in [2.24, 2.45) is 5.73 Å². The first-order valence-electron chi connectivity index (χ1n) is 6.68. The van der Waals surface area contributed by atoms with Gasteiger partial charge in [0.2, 0.25) is 11.7 Å². The molecule has 21 heavy (non-hydrogen) atoms. The minimum Gasteiger partial charge on any atom is -0.493 e. The Hall–Kier alpha value is -1.79. The highest BCUT2D eigenvalue weighted by atomic mass is 35.5. The fourth-order valence-electron chi connectivity index (χ4n) is 1.85. The highest BCUT2D eigenvalue weighted by Gasteiger charge is 2.14. The van der Waals surface area contributed by atoms with Crippen LogP contribution in [0.4, 0.5) is 0 Å². The van der Waals surface area contributed by atoms with Crippen molar-refractivity contribution >= 4 is 11.6 Å². The maximum Gasteiger partial charge on any atom is 0.226 e. The van der Waals surface area contributed by atoms with Crippen LogP contribution in [0.1, 0.15) is 24.2 Å². The van der Waals surface area contributed by atoms with Crippen LogP contribution < -0.4 is 15.2 Å². The molecule has 6 nitrogen and oxygen atoms in total. The van der Waals surface area contributed by atoms with Gasteiger partial charge in [-0.25, -0.2) is 0 Å². The van der Waals surface area contributed by atoms with E-state index in [2.05, 4.69) is 10.1 Å². The number of methoxy groups -OCH3 is 1. The molecular formula is C14H18ClN3O3. The number of hydrogen-bond donors (Lipinski definition) is 1. The first-order valence-corrected chi connectivity index (χ1v) is 7.06. The molecule has 0 fully saturated rings. The summed E-state index contributed by atoms with van der Waals surface area (Å²) in [5, 5.41) is 4.29. The second-order valence-corrected chi connectivity index (χ2v) is 4.80. The van der Waals surface area contributed by atoms with Gasteiger partial charge in [0, 0.05) is 6.42 Å². The number of halogens is 1. The standard InChI is InChI=1S/C14H18ClN3O3/c1-3-13-17-12(18-21-13)8-20-14-10(15)6-9(4-5-16)7-11(14)19-2/h6-7H,3-5,8,16H2,1-2H3. The molecule has 1 aromatic carbocycles. The summed E-state index contributed by atoms with van der Waals surface area (Å²) in [6.07, 6.45) is 1.41. The summed E-state index contributed by atoms with van der Waals surface area (Å²) >= 11 is 6.24. The van der Waals surface area contributed by atoms with E-state index in [-0.39, 0.29) is 6.61 Å². The molecule has 1 heterocycles. The molecular weight excluding hydrogens is 294 g/mol. The molecule has 114 valence electrons. The summed E-state index contributed by atoms with van der Waals surface area (Å²) in [5.74, 6) is 2.06. The van der Waals surface area contributed by atoms with Gasteiger partial charge in [0.15, 0.2) is 18.1 Å². The zero-order valence-corrected chi connectivity index (χ0v) is 12.8. The molecule has 0 unspecified atom stereocenters. The smallest absolute Gasteiger partial charge is 0.226 e. The largest absolute Gasteiger partial charge is 0.493 e. The molecule has 0 atom stereocenters. The zero-order chi connectivity index (χ0) is 15.2. The maximum atomic E-state index is 6.24. The van der Waals surface area contributed by atoms with Crippen molar-refractivity contribution in [2.75, 3.05) is 13.7 Å². The molecule has 0 saturated carbocycles. The highest BCUT2D eigenvalue weighted by Crippen LogP contribution is 2.36. The monoisotopic (exact) mass is 311 g/mol. The van der Waals surface area contributed by atoms with Crippen LogP contribution in [0.2, 0.25) is 5.02 Å². The summed E-state index contributed by atoms with van der Waals surface area (Å²) < 4.78 is 16.0. The Kier molecular flexibility index (Phi) is 5.41. The predicted octanol–water partition coefficient (Wildman–Crippen LogP) is 2.37. The van der Waals surface area contributed by atoms with Crippen molar-refractivity contribution in [2.45, 2.75) is 26.4 Å². The van der Waals surface area contributed by atoms with Crippen LogP contribution in [0.15, 0.2) is 16.7 Å². The van der Waals surface area contributed by atoms with Crippen molar-refractivity contribution < 1.29 is 14.0 Å². The Morgan fingerprint density at radius 3 is 2.81 bits per heavy atom.